The van der Waals surface area contributed by atoms with Crippen molar-refractivity contribution in [2.24, 2.45) is 17.5 Å². The Hall–Kier alpha value is 0.880. The fourth-order valence-electron chi connectivity index (χ4n) is 0.368. The molecule has 9 heteroatoms. The molecule has 0 saturated carbocycles. The van der Waals surface area contributed by atoms with Crippen LogP contribution in [0.25, 0.3) is 0 Å². The van der Waals surface area contributed by atoms with Crippen LogP contribution in [0.15, 0.2) is 0 Å². The SMILES string of the molecule is CC(N)[N+](ON)(OP)[I-]ON. The molecule has 0 bridgehead atoms. The van der Waals surface area contributed by atoms with Crippen LogP contribution in [0.5, 0.6) is 0 Å². The van der Waals surface area contributed by atoms with Crippen molar-refractivity contribution in [2.45, 2.75) is 13.1 Å². The first-order valence-electron chi connectivity index (χ1n) is 2.56. The van der Waals surface area contributed by atoms with Gasteiger partial charge >= 0.3 is 77.7 Å². The zero-order chi connectivity index (χ0) is 8.91. The van der Waals surface area contributed by atoms with Crippen molar-refractivity contribution in [1.29, 1.82) is 0 Å². The van der Waals surface area contributed by atoms with E-state index in [2.05, 4.69) is 8.11 Å². The van der Waals surface area contributed by atoms with Gasteiger partial charge < -0.3 is 0 Å². The molecule has 7 nitrogen and oxygen atoms in total. The maximum absolute atomic E-state index is 5.50. The Morgan fingerprint density at radius 1 is 1.55 bits per heavy atom. The number of nitrogens with two attached hydrogens (primary N) is 3. The van der Waals surface area contributed by atoms with Crippen molar-refractivity contribution in [3.05, 3.63) is 0 Å². The Morgan fingerprint density at radius 3 is 2.18 bits per heavy atom. The number of rotatable bonds is 5. The number of quaternary nitrogens is 1. The van der Waals surface area contributed by atoms with Gasteiger partial charge in [0, 0.05) is 0 Å². The van der Waals surface area contributed by atoms with Crippen LogP contribution in [0.1, 0.15) is 6.92 Å². The average molecular weight is 298 g/mol. The molecule has 3 unspecified atom stereocenters. The molecule has 0 aromatic heterocycles. The van der Waals surface area contributed by atoms with Crippen molar-refractivity contribution in [3.8, 4) is 0 Å². The van der Waals surface area contributed by atoms with Crippen LogP contribution in [0.4, 0.5) is 0 Å². The zero-order valence-electron chi connectivity index (χ0n) is 5.94. The minimum atomic E-state index is -1.07. The van der Waals surface area contributed by atoms with Crippen molar-refractivity contribution >= 4 is 9.47 Å². The van der Waals surface area contributed by atoms with Crippen molar-refractivity contribution in [3.63, 3.8) is 0 Å². The molecular weight excluding hydrogens is 286 g/mol. The van der Waals surface area contributed by atoms with E-state index in [-0.39, 0.29) is 0 Å². The van der Waals surface area contributed by atoms with Gasteiger partial charge in [0.15, 0.2) is 0 Å². The number of hydrogen-bond acceptors (Lipinski definition) is 6. The molecule has 6 N–H and O–H groups in total. The Balaban J connectivity index is 4.20. The topological polar surface area (TPSA) is 106 Å². The Bertz CT molecular complexity index is 112. The van der Waals surface area contributed by atoms with Gasteiger partial charge in [-0.2, -0.15) is 0 Å². The summed E-state index contributed by atoms with van der Waals surface area (Å²) in [4.78, 5) is 4.50. The third kappa shape index (κ3) is 3.01. The fraction of sp³-hybridized carbons (Fsp3) is 1.00. The molecule has 0 fully saturated rings. The first kappa shape index (κ1) is 11.9. The van der Waals surface area contributed by atoms with E-state index < -0.39 is 31.1 Å². The van der Waals surface area contributed by atoms with Crippen LogP contribution < -0.4 is 39.4 Å². The van der Waals surface area contributed by atoms with E-state index in [4.69, 9.17) is 22.2 Å². The molecule has 0 aromatic carbocycles. The Morgan fingerprint density at radius 2 is 2.09 bits per heavy atom. The predicted molar refractivity (Wildman–Crippen MR) is 35.2 cm³/mol. The monoisotopic (exact) mass is 298 g/mol. The summed E-state index contributed by atoms with van der Waals surface area (Å²) in [5.74, 6) is 9.81. The first-order valence-corrected chi connectivity index (χ1v) is 4.88. The van der Waals surface area contributed by atoms with E-state index in [1.54, 1.807) is 6.92 Å². The molecule has 0 radical (unpaired) electrons. The van der Waals surface area contributed by atoms with E-state index >= 15 is 0 Å². The van der Waals surface area contributed by atoms with Gasteiger partial charge in [0.25, 0.3) is 0 Å². The molecule has 11 heavy (non-hydrogen) atoms. The summed E-state index contributed by atoms with van der Waals surface area (Å²) in [6, 6.07) is 0. The quantitative estimate of drug-likeness (QED) is 0.155. The molecule has 0 spiro atoms. The van der Waals surface area contributed by atoms with Crippen molar-refractivity contribution in [2.75, 3.05) is 0 Å². The molecule has 3 atom stereocenters. The number of halogens is 1. The summed E-state index contributed by atoms with van der Waals surface area (Å²) in [6.45, 7) is 1.66. The molecule has 70 valence electrons. The number of hydroxylamine groups is 2. The summed E-state index contributed by atoms with van der Waals surface area (Å²) in [7, 11) is 1.99. The van der Waals surface area contributed by atoms with Gasteiger partial charge in [-0.25, -0.2) is 0 Å². The zero-order valence-corrected chi connectivity index (χ0v) is 9.25. The Kier molecular flexibility index (Phi) is 5.95. The van der Waals surface area contributed by atoms with Crippen LogP contribution in [0.3, 0.4) is 0 Å². The molecule has 0 rings (SSSR count). The third-order valence-corrected chi connectivity index (χ3v) is 3.76. The molecule has 0 saturated heterocycles. The van der Waals surface area contributed by atoms with Crippen LogP contribution >= 0.6 is 9.47 Å². The van der Waals surface area contributed by atoms with Crippen LogP contribution in [0.2, 0.25) is 0 Å². The molecule has 0 aliphatic carbocycles. The van der Waals surface area contributed by atoms with Gasteiger partial charge in [-0.05, 0) is 0 Å². The summed E-state index contributed by atoms with van der Waals surface area (Å²) in [5, 5.41) is 0. The van der Waals surface area contributed by atoms with Gasteiger partial charge in [0.05, 0.1) is 0 Å². The van der Waals surface area contributed by atoms with Crippen molar-refractivity contribution < 1.29 is 37.6 Å². The molecule has 0 heterocycles. The van der Waals surface area contributed by atoms with Gasteiger partial charge in [-0.1, -0.05) is 0 Å². The third-order valence-electron chi connectivity index (χ3n) is 0.910. The minimum absolute atomic E-state index is 0.431. The summed E-state index contributed by atoms with van der Waals surface area (Å²) in [5.41, 5.74) is 5.50. The maximum atomic E-state index is 5.50. The van der Waals surface area contributed by atoms with E-state index in [1.807, 2.05) is 9.47 Å². The van der Waals surface area contributed by atoms with E-state index in [0.29, 0.717) is 0 Å². The average Bonchev–Trinajstić information content (AvgIpc) is 2.00. The molecule has 0 aliphatic rings. The van der Waals surface area contributed by atoms with E-state index in [9.17, 15) is 0 Å². The molecular formula is C2H12IN4O3P. The van der Waals surface area contributed by atoms with E-state index in [0.717, 1.165) is 0 Å². The first-order chi connectivity index (χ1) is 5.13. The second kappa shape index (κ2) is 5.51. The van der Waals surface area contributed by atoms with E-state index in [1.165, 1.54) is 0 Å². The standard InChI is InChI=1S/C2H12IN4O3P/c1-2(4)7(9-6,10-11)3-8-5/h2H,4-6,11H2,1H3. The molecule has 0 aliphatic heterocycles. The molecule has 0 aromatic rings. The number of hydrogen-bond donors (Lipinski definition) is 3. The van der Waals surface area contributed by atoms with Gasteiger partial charge in [-0.3, -0.25) is 0 Å². The Labute approximate surface area is 78.0 Å². The predicted octanol–water partition coefficient (Wildman–Crippen LogP) is -4.56. The number of nitrogens with zero attached hydrogens (tertiary/aromatic N) is 1. The van der Waals surface area contributed by atoms with Crippen molar-refractivity contribution in [1.82, 2.24) is 0 Å². The second-order valence-electron chi connectivity index (χ2n) is 1.63. The van der Waals surface area contributed by atoms with Gasteiger partial charge in [0.1, 0.15) is 0 Å². The van der Waals surface area contributed by atoms with Crippen LogP contribution in [-0.4, -0.2) is 9.19 Å². The van der Waals surface area contributed by atoms with Crippen LogP contribution in [-0.2, 0) is 12.7 Å². The van der Waals surface area contributed by atoms with Gasteiger partial charge in [0.2, 0.25) is 0 Å². The molecule has 0 amide bonds. The second-order valence-corrected chi connectivity index (χ2v) is 4.09. The fourth-order valence-corrected chi connectivity index (χ4v) is 1.69. The summed E-state index contributed by atoms with van der Waals surface area (Å²) < 4.78 is 8.79. The van der Waals surface area contributed by atoms with Gasteiger partial charge in [-0.15, -0.1) is 0 Å². The summed E-state index contributed by atoms with van der Waals surface area (Å²) in [6.07, 6.45) is -0.464. The van der Waals surface area contributed by atoms with Crippen LogP contribution in [0, 0.1) is 0 Å². The summed E-state index contributed by atoms with van der Waals surface area (Å²) >= 11 is -1.07. The normalized spacial score (nSPS) is 19.7.